The maximum atomic E-state index is 11.8. The molecule has 0 rings (SSSR count). The SMILES string of the molecule is COC(C)C(=O)N(CCCN)C(C)C. The van der Waals surface area contributed by atoms with Crippen molar-refractivity contribution in [3.05, 3.63) is 0 Å². The number of hydrogen-bond acceptors (Lipinski definition) is 3. The van der Waals surface area contributed by atoms with Crippen LogP contribution in [0.4, 0.5) is 0 Å². The number of nitrogens with two attached hydrogens (primary N) is 1. The van der Waals surface area contributed by atoms with Crippen LogP contribution in [0.25, 0.3) is 0 Å². The summed E-state index contributed by atoms with van der Waals surface area (Å²) in [6.45, 7) is 7.08. The van der Waals surface area contributed by atoms with Gasteiger partial charge in [0, 0.05) is 19.7 Å². The van der Waals surface area contributed by atoms with Crippen LogP contribution in [0, 0.1) is 0 Å². The number of amides is 1. The van der Waals surface area contributed by atoms with Crippen molar-refractivity contribution in [2.75, 3.05) is 20.2 Å². The first-order valence-electron chi connectivity index (χ1n) is 5.08. The predicted molar refractivity (Wildman–Crippen MR) is 57.0 cm³/mol. The van der Waals surface area contributed by atoms with E-state index in [0.29, 0.717) is 13.1 Å². The predicted octanol–water partition coefficient (Wildman–Crippen LogP) is 0.607. The van der Waals surface area contributed by atoms with Gasteiger partial charge in [0.1, 0.15) is 6.10 Å². The Balaban J connectivity index is 4.25. The van der Waals surface area contributed by atoms with Crippen LogP contribution >= 0.6 is 0 Å². The van der Waals surface area contributed by atoms with E-state index < -0.39 is 0 Å². The first-order valence-corrected chi connectivity index (χ1v) is 5.08. The van der Waals surface area contributed by atoms with Gasteiger partial charge in [0.05, 0.1) is 0 Å². The Morgan fingerprint density at radius 2 is 2.00 bits per heavy atom. The van der Waals surface area contributed by atoms with Gasteiger partial charge in [-0.05, 0) is 33.7 Å². The van der Waals surface area contributed by atoms with Crippen LogP contribution in [-0.4, -0.2) is 43.2 Å². The molecule has 1 amide bonds. The van der Waals surface area contributed by atoms with Gasteiger partial charge in [-0.2, -0.15) is 0 Å². The average molecular weight is 202 g/mol. The van der Waals surface area contributed by atoms with Crippen molar-refractivity contribution in [2.45, 2.75) is 39.3 Å². The Morgan fingerprint density at radius 3 is 2.36 bits per heavy atom. The van der Waals surface area contributed by atoms with Crippen LogP contribution in [0.1, 0.15) is 27.2 Å². The van der Waals surface area contributed by atoms with Gasteiger partial charge < -0.3 is 15.4 Å². The lowest BCUT2D eigenvalue weighted by atomic mass is 10.2. The Kier molecular flexibility index (Phi) is 6.49. The van der Waals surface area contributed by atoms with E-state index in [1.165, 1.54) is 0 Å². The van der Waals surface area contributed by atoms with E-state index in [4.69, 9.17) is 10.5 Å². The topological polar surface area (TPSA) is 55.6 Å². The van der Waals surface area contributed by atoms with Crippen molar-refractivity contribution in [3.63, 3.8) is 0 Å². The number of carbonyl (C=O) groups is 1. The molecule has 0 aliphatic heterocycles. The van der Waals surface area contributed by atoms with Gasteiger partial charge in [-0.3, -0.25) is 4.79 Å². The number of methoxy groups -OCH3 is 1. The van der Waals surface area contributed by atoms with Crippen molar-refractivity contribution < 1.29 is 9.53 Å². The molecule has 1 atom stereocenters. The molecule has 4 heteroatoms. The smallest absolute Gasteiger partial charge is 0.251 e. The van der Waals surface area contributed by atoms with Crippen LogP contribution < -0.4 is 5.73 Å². The minimum absolute atomic E-state index is 0.0379. The van der Waals surface area contributed by atoms with Gasteiger partial charge in [0.2, 0.25) is 0 Å². The van der Waals surface area contributed by atoms with E-state index in [1.54, 1.807) is 18.9 Å². The van der Waals surface area contributed by atoms with Gasteiger partial charge in [-0.15, -0.1) is 0 Å². The third-order valence-electron chi connectivity index (χ3n) is 2.21. The number of nitrogens with zero attached hydrogens (tertiary/aromatic N) is 1. The van der Waals surface area contributed by atoms with Crippen molar-refractivity contribution in [1.29, 1.82) is 0 Å². The van der Waals surface area contributed by atoms with Gasteiger partial charge in [0.15, 0.2) is 0 Å². The van der Waals surface area contributed by atoms with Crippen molar-refractivity contribution >= 4 is 5.91 Å². The molecule has 0 aromatic carbocycles. The molecule has 14 heavy (non-hydrogen) atoms. The molecule has 0 fully saturated rings. The molecule has 0 saturated heterocycles. The Morgan fingerprint density at radius 1 is 1.43 bits per heavy atom. The van der Waals surface area contributed by atoms with E-state index in [1.807, 2.05) is 13.8 Å². The molecular weight excluding hydrogens is 180 g/mol. The summed E-state index contributed by atoms with van der Waals surface area (Å²) < 4.78 is 5.00. The molecule has 0 heterocycles. The number of ether oxygens (including phenoxy) is 1. The largest absolute Gasteiger partial charge is 0.372 e. The zero-order valence-electron chi connectivity index (χ0n) is 9.62. The molecule has 0 radical (unpaired) electrons. The Hall–Kier alpha value is -0.610. The van der Waals surface area contributed by atoms with Crippen LogP contribution in [0.5, 0.6) is 0 Å². The maximum Gasteiger partial charge on any atom is 0.251 e. The van der Waals surface area contributed by atoms with Gasteiger partial charge in [0.25, 0.3) is 5.91 Å². The van der Waals surface area contributed by atoms with E-state index in [0.717, 1.165) is 6.42 Å². The Bertz CT molecular complexity index is 172. The summed E-state index contributed by atoms with van der Waals surface area (Å²) in [6.07, 6.45) is 0.468. The van der Waals surface area contributed by atoms with Gasteiger partial charge >= 0.3 is 0 Å². The average Bonchev–Trinajstić information content (AvgIpc) is 2.16. The fourth-order valence-electron chi connectivity index (χ4n) is 1.22. The maximum absolute atomic E-state index is 11.8. The quantitative estimate of drug-likeness (QED) is 0.686. The molecule has 0 aromatic heterocycles. The summed E-state index contributed by atoms with van der Waals surface area (Å²) in [5, 5.41) is 0. The fraction of sp³-hybridized carbons (Fsp3) is 0.900. The summed E-state index contributed by atoms with van der Waals surface area (Å²) in [7, 11) is 1.55. The highest BCUT2D eigenvalue weighted by atomic mass is 16.5. The highest BCUT2D eigenvalue weighted by Crippen LogP contribution is 2.04. The minimum atomic E-state index is -0.366. The molecule has 0 aromatic rings. The lowest BCUT2D eigenvalue weighted by Crippen LogP contribution is -2.43. The first-order chi connectivity index (χ1) is 6.54. The summed E-state index contributed by atoms with van der Waals surface area (Å²) in [4.78, 5) is 13.6. The normalized spacial score (nSPS) is 13.0. The lowest BCUT2D eigenvalue weighted by molar-refractivity contribution is -0.142. The molecule has 1 unspecified atom stereocenters. The summed E-state index contributed by atoms with van der Waals surface area (Å²) in [6, 6.07) is 0.201. The monoisotopic (exact) mass is 202 g/mol. The van der Waals surface area contributed by atoms with Crippen molar-refractivity contribution in [2.24, 2.45) is 5.73 Å². The lowest BCUT2D eigenvalue weighted by Gasteiger charge is -2.28. The fourth-order valence-corrected chi connectivity index (χ4v) is 1.22. The number of carbonyl (C=O) groups excluding carboxylic acids is 1. The second-order valence-electron chi connectivity index (χ2n) is 3.65. The summed E-state index contributed by atoms with van der Waals surface area (Å²) >= 11 is 0. The van der Waals surface area contributed by atoms with Gasteiger partial charge in [-0.25, -0.2) is 0 Å². The van der Waals surface area contributed by atoms with Crippen LogP contribution in [0.3, 0.4) is 0 Å². The van der Waals surface area contributed by atoms with E-state index in [-0.39, 0.29) is 18.1 Å². The molecule has 0 aliphatic rings. The number of hydrogen-bond donors (Lipinski definition) is 1. The van der Waals surface area contributed by atoms with Crippen molar-refractivity contribution in [1.82, 2.24) is 4.90 Å². The van der Waals surface area contributed by atoms with E-state index in [9.17, 15) is 4.79 Å². The highest BCUT2D eigenvalue weighted by Gasteiger charge is 2.21. The number of rotatable bonds is 6. The van der Waals surface area contributed by atoms with Crippen molar-refractivity contribution in [3.8, 4) is 0 Å². The summed E-state index contributed by atoms with van der Waals surface area (Å²) in [5.74, 6) is 0.0379. The second kappa shape index (κ2) is 6.79. The molecule has 0 bridgehead atoms. The van der Waals surface area contributed by atoms with E-state index >= 15 is 0 Å². The van der Waals surface area contributed by atoms with Crippen LogP contribution in [0.2, 0.25) is 0 Å². The molecule has 0 aliphatic carbocycles. The van der Waals surface area contributed by atoms with Crippen LogP contribution in [0.15, 0.2) is 0 Å². The molecule has 4 nitrogen and oxygen atoms in total. The standard InChI is InChI=1S/C10H22N2O2/c1-8(2)12(7-5-6-11)10(13)9(3)14-4/h8-9H,5-7,11H2,1-4H3. The van der Waals surface area contributed by atoms with Gasteiger partial charge in [-0.1, -0.05) is 0 Å². The zero-order valence-corrected chi connectivity index (χ0v) is 9.62. The third kappa shape index (κ3) is 4.07. The molecule has 84 valence electrons. The second-order valence-corrected chi connectivity index (χ2v) is 3.65. The Labute approximate surface area is 86.4 Å². The molecule has 0 spiro atoms. The molecular formula is C10H22N2O2. The van der Waals surface area contributed by atoms with E-state index in [2.05, 4.69) is 0 Å². The first kappa shape index (κ1) is 13.4. The highest BCUT2D eigenvalue weighted by molar-refractivity contribution is 5.80. The minimum Gasteiger partial charge on any atom is -0.372 e. The molecule has 0 saturated carbocycles. The molecule has 2 N–H and O–H groups in total. The van der Waals surface area contributed by atoms with Crippen LogP contribution in [-0.2, 0) is 9.53 Å². The zero-order chi connectivity index (χ0) is 11.1. The summed E-state index contributed by atoms with van der Waals surface area (Å²) in [5.41, 5.74) is 5.42. The third-order valence-corrected chi connectivity index (χ3v) is 2.21.